The summed E-state index contributed by atoms with van der Waals surface area (Å²) in [4.78, 5) is 6.83. The van der Waals surface area contributed by atoms with Gasteiger partial charge in [-0.15, -0.1) is 0 Å². The van der Waals surface area contributed by atoms with Crippen molar-refractivity contribution in [2.24, 2.45) is 0 Å². The lowest BCUT2D eigenvalue weighted by atomic mass is 9.96. The Hall–Kier alpha value is -2.61. The van der Waals surface area contributed by atoms with Crippen LogP contribution in [-0.2, 0) is 4.74 Å². The standard InChI is InChI=1S/C26H29ClN4O2S/c1-16-14-20(17(2)30(16)18-7-8-18)25-24(22-6-4-5-11-28-22)29-26(34)31(25)19-9-10-23(21(27)15-19)33-13-12-32-3/h4-6,9-11,14-15,18,24-25H,7-8,12-13H2,1-3H3,(H,29,34)/t24-,25+/m1/s1. The predicted octanol–water partition coefficient (Wildman–Crippen LogP) is 5.69. The van der Waals surface area contributed by atoms with E-state index in [2.05, 4.69) is 45.7 Å². The molecule has 2 aromatic heterocycles. The molecule has 0 spiro atoms. The summed E-state index contributed by atoms with van der Waals surface area (Å²) in [6.45, 7) is 5.35. The van der Waals surface area contributed by atoms with Crippen LogP contribution < -0.4 is 15.0 Å². The zero-order valence-electron chi connectivity index (χ0n) is 19.6. The predicted molar refractivity (Wildman–Crippen MR) is 139 cm³/mol. The largest absolute Gasteiger partial charge is 0.490 e. The number of anilines is 1. The Kier molecular flexibility index (Phi) is 6.51. The number of hydrogen-bond donors (Lipinski definition) is 1. The van der Waals surface area contributed by atoms with Crippen LogP contribution in [0.15, 0.2) is 48.7 Å². The summed E-state index contributed by atoms with van der Waals surface area (Å²) in [5.74, 6) is 0.630. The van der Waals surface area contributed by atoms with Crippen molar-refractivity contribution >= 4 is 34.6 Å². The van der Waals surface area contributed by atoms with Crippen LogP contribution in [0.25, 0.3) is 0 Å². The first-order valence-electron chi connectivity index (χ1n) is 11.6. The number of benzene rings is 1. The fraction of sp³-hybridized carbons (Fsp3) is 0.385. The highest BCUT2D eigenvalue weighted by Gasteiger charge is 2.43. The molecule has 1 aliphatic carbocycles. The van der Waals surface area contributed by atoms with Crippen LogP contribution in [0.3, 0.4) is 0 Å². The van der Waals surface area contributed by atoms with Crippen LogP contribution in [0.2, 0.25) is 5.02 Å². The molecule has 2 fully saturated rings. The number of aromatic nitrogens is 2. The fourth-order valence-electron chi connectivity index (χ4n) is 4.94. The maximum absolute atomic E-state index is 6.62. The van der Waals surface area contributed by atoms with E-state index in [0.29, 0.717) is 35.1 Å². The highest BCUT2D eigenvalue weighted by Crippen LogP contribution is 2.46. The molecular weight excluding hydrogens is 468 g/mol. The average molecular weight is 497 g/mol. The number of hydrogen-bond acceptors (Lipinski definition) is 4. The van der Waals surface area contributed by atoms with Gasteiger partial charge in [0.05, 0.1) is 29.4 Å². The molecule has 34 heavy (non-hydrogen) atoms. The molecule has 1 aromatic carbocycles. The van der Waals surface area contributed by atoms with Gasteiger partial charge in [-0.3, -0.25) is 4.98 Å². The van der Waals surface area contributed by atoms with Gasteiger partial charge in [0.1, 0.15) is 12.4 Å². The minimum Gasteiger partial charge on any atom is -0.490 e. The molecule has 178 valence electrons. The normalized spacial score (nSPS) is 20.0. The summed E-state index contributed by atoms with van der Waals surface area (Å²) < 4.78 is 13.3. The number of halogens is 1. The van der Waals surface area contributed by atoms with E-state index in [4.69, 9.17) is 33.3 Å². The summed E-state index contributed by atoms with van der Waals surface area (Å²) >= 11 is 12.5. The molecule has 3 aromatic rings. The Morgan fingerprint density at radius 1 is 1.15 bits per heavy atom. The van der Waals surface area contributed by atoms with Crippen molar-refractivity contribution in [2.75, 3.05) is 25.2 Å². The molecule has 2 aliphatic rings. The molecule has 1 aliphatic heterocycles. The molecule has 1 saturated heterocycles. The molecule has 8 heteroatoms. The zero-order valence-corrected chi connectivity index (χ0v) is 21.2. The highest BCUT2D eigenvalue weighted by molar-refractivity contribution is 7.80. The Bertz CT molecular complexity index is 1200. The Morgan fingerprint density at radius 3 is 2.65 bits per heavy atom. The van der Waals surface area contributed by atoms with E-state index in [1.54, 1.807) is 7.11 Å². The van der Waals surface area contributed by atoms with E-state index >= 15 is 0 Å². The third kappa shape index (κ3) is 4.28. The van der Waals surface area contributed by atoms with E-state index in [0.717, 1.165) is 11.4 Å². The van der Waals surface area contributed by atoms with E-state index in [-0.39, 0.29) is 12.1 Å². The number of nitrogens with zero attached hydrogens (tertiary/aromatic N) is 3. The summed E-state index contributed by atoms with van der Waals surface area (Å²) in [5, 5.41) is 4.73. The van der Waals surface area contributed by atoms with Gasteiger partial charge >= 0.3 is 0 Å². The molecule has 1 N–H and O–H groups in total. The first-order valence-corrected chi connectivity index (χ1v) is 12.4. The van der Waals surface area contributed by atoms with Gasteiger partial charge in [-0.1, -0.05) is 17.7 Å². The summed E-state index contributed by atoms with van der Waals surface area (Å²) in [5.41, 5.74) is 5.70. The Morgan fingerprint density at radius 2 is 1.97 bits per heavy atom. The van der Waals surface area contributed by atoms with Gasteiger partial charge in [-0.05, 0) is 80.9 Å². The van der Waals surface area contributed by atoms with E-state index < -0.39 is 0 Å². The number of nitrogens with one attached hydrogen (secondary N) is 1. The molecule has 1 saturated carbocycles. The van der Waals surface area contributed by atoms with Crippen molar-refractivity contribution in [1.29, 1.82) is 0 Å². The van der Waals surface area contributed by atoms with E-state index in [1.807, 2.05) is 36.5 Å². The molecular formula is C26H29ClN4O2S. The Labute approximate surface area is 210 Å². The fourth-order valence-corrected chi connectivity index (χ4v) is 5.51. The second kappa shape index (κ2) is 9.56. The summed E-state index contributed by atoms with van der Waals surface area (Å²) in [6.07, 6.45) is 4.31. The molecule has 0 amide bonds. The summed E-state index contributed by atoms with van der Waals surface area (Å²) in [6, 6.07) is 14.6. The molecule has 0 unspecified atom stereocenters. The van der Waals surface area contributed by atoms with Crippen LogP contribution >= 0.6 is 23.8 Å². The SMILES string of the molecule is COCCOc1ccc(N2C(=S)N[C@H](c3ccccn3)[C@@H]2c2cc(C)n(C3CC3)c2C)cc1Cl. The molecule has 0 radical (unpaired) electrons. The lowest BCUT2D eigenvalue weighted by molar-refractivity contribution is 0.146. The molecule has 6 nitrogen and oxygen atoms in total. The first kappa shape index (κ1) is 23.1. The maximum atomic E-state index is 6.62. The maximum Gasteiger partial charge on any atom is 0.174 e. The van der Waals surface area contributed by atoms with Crippen molar-refractivity contribution in [3.8, 4) is 5.75 Å². The minimum absolute atomic E-state index is 0.0579. The van der Waals surface area contributed by atoms with Gasteiger partial charge in [0.15, 0.2) is 5.11 Å². The smallest absolute Gasteiger partial charge is 0.174 e. The molecule has 3 heterocycles. The van der Waals surface area contributed by atoms with Crippen molar-refractivity contribution in [3.63, 3.8) is 0 Å². The van der Waals surface area contributed by atoms with Gasteiger partial charge in [0.25, 0.3) is 0 Å². The monoisotopic (exact) mass is 496 g/mol. The van der Waals surface area contributed by atoms with Crippen LogP contribution in [0.5, 0.6) is 5.75 Å². The highest BCUT2D eigenvalue weighted by atomic mass is 35.5. The zero-order chi connectivity index (χ0) is 23.8. The van der Waals surface area contributed by atoms with Gasteiger partial charge in [-0.25, -0.2) is 0 Å². The van der Waals surface area contributed by atoms with Gasteiger partial charge in [0, 0.05) is 36.4 Å². The van der Waals surface area contributed by atoms with Gasteiger partial charge in [-0.2, -0.15) is 0 Å². The summed E-state index contributed by atoms with van der Waals surface area (Å²) in [7, 11) is 1.65. The second-order valence-electron chi connectivity index (χ2n) is 8.88. The molecule has 2 atom stereocenters. The number of rotatable bonds is 8. The number of aryl methyl sites for hydroxylation is 1. The molecule has 5 rings (SSSR count). The third-order valence-electron chi connectivity index (χ3n) is 6.59. The van der Waals surface area contributed by atoms with Crippen LogP contribution in [0.4, 0.5) is 5.69 Å². The van der Waals surface area contributed by atoms with Crippen LogP contribution in [0.1, 0.15) is 53.6 Å². The van der Waals surface area contributed by atoms with Gasteiger partial charge < -0.3 is 24.3 Å². The quantitative estimate of drug-likeness (QED) is 0.319. The lowest BCUT2D eigenvalue weighted by Crippen LogP contribution is -2.29. The Balaban J connectivity index is 1.56. The number of ether oxygens (including phenoxy) is 2. The number of pyridine rings is 1. The minimum atomic E-state index is -0.0849. The van der Waals surface area contributed by atoms with Crippen molar-refractivity contribution < 1.29 is 9.47 Å². The molecule has 0 bridgehead atoms. The number of methoxy groups -OCH3 is 1. The van der Waals surface area contributed by atoms with Crippen molar-refractivity contribution in [1.82, 2.24) is 14.9 Å². The van der Waals surface area contributed by atoms with Gasteiger partial charge in [0.2, 0.25) is 0 Å². The average Bonchev–Trinajstić information content (AvgIpc) is 3.54. The third-order valence-corrected chi connectivity index (χ3v) is 7.20. The lowest BCUT2D eigenvalue weighted by Gasteiger charge is -2.28. The first-order chi connectivity index (χ1) is 16.5. The topological polar surface area (TPSA) is 51.6 Å². The van der Waals surface area contributed by atoms with Crippen molar-refractivity contribution in [2.45, 2.75) is 44.8 Å². The van der Waals surface area contributed by atoms with Crippen LogP contribution in [0, 0.1) is 13.8 Å². The second-order valence-corrected chi connectivity index (χ2v) is 9.67. The van der Waals surface area contributed by atoms with E-state index in [9.17, 15) is 0 Å². The number of thiocarbonyl (C=S) groups is 1. The van der Waals surface area contributed by atoms with E-state index in [1.165, 1.54) is 29.8 Å². The van der Waals surface area contributed by atoms with Crippen molar-refractivity contribution in [3.05, 3.63) is 76.3 Å². The van der Waals surface area contributed by atoms with Crippen LogP contribution in [-0.4, -0.2) is 35.0 Å².